The molecular formula is C29H27N3O2S. The van der Waals surface area contributed by atoms with Crippen LogP contribution in [0.15, 0.2) is 78.0 Å². The van der Waals surface area contributed by atoms with E-state index < -0.39 is 0 Å². The molecule has 0 aliphatic heterocycles. The molecule has 0 fully saturated rings. The van der Waals surface area contributed by atoms with Gasteiger partial charge in [0.1, 0.15) is 5.75 Å². The largest absolute Gasteiger partial charge is 0.497 e. The first kappa shape index (κ1) is 22.0. The third-order valence-corrected chi connectivity index (χ3v) is 7.83. The molecule has 0 unspecified atom stereocenters. The van der Waals surface area contributed by atoms with Crippen LogP contribution in [-0.2, 0) is 19.4 Å². The van der Waals surface area contributed by atoms with Gasteiger partial charge < -0.3 is 9.30 Å². The molecule has 35 heavy (non-hydrogen) atoms. The summed E-state index contributed by atoms with van der Waals surface area (Å²) in [6.07, 6.45) is 4.36. The van der Waals surface area contributed by atoms with Gasteiger partial charge in [-0.3, -0.25) is 9.36 Å². The van der Waals surface area contributed by atoms with Crippen LogP contribution < -0.4 is 4.74 Å². The Kier molecular flexibility index (Phi) is 5.82. The first-order valence-electron chi connectivity index (χ1n) is 12.1. The van der Waals surface area contributed by atoms with Gasteiger partial charge in [0.15, 0.2) is 5.16 Å². The van der Waals surface area contributed by atoms with Crippen molar-refractivity contribution in [1.29, 1.82) is 0 Å². The second-order valence-electron chi connectivity index (χ2n) is 8.98. The van der Waals surface area contributed by atoms with Crippen LogP contribution in [0, 0.1) is 0 Å². The van der Waals surface area contributed by atoms with E-state index in [1.165, 1.54) is 34.8 Å². The molecule has 6 heteroatoms. The summed E-state index contributed by atoms with van der Waals surface area (Å²) in [5, 5.41) is 2.09. The first-order valence-corrected chi connectivity index (χ1v) is 13.1. The normalized spacial score (nSPS) is 13.3. The highest BCUT2D eigenvalue weighted by Gasteiger charge is 2.24. The maximum absolute atomic E-state index is 13.6. The number of fused-ring (bicyclic) bond motifs is 4. The van der Waals surface area contributed by atoms with E-state index in [4.69, 9.17) is 9.72 Å². The van der Waals surface area contributed by atoms with Crippen LogP contribution in [0.5, 0.6) is 5.75 Å². The number of imidazole rings is 1. The molecule has 176 valence electrons. The van der Waals surface area contributed by atoms with Crippen LogP contribution in [-0.4, -0.2) is 32.9 Å². The lowest BCUT2D eigenvalue weighted by atomic mass is 9.96. The topological polar surface area (TPSA) is 49.0 Å². The number of thioether (sulfide) groups is 1. The molecule has 5 aromatic rings. The Morgan fingerprint density at radius 1 is 0.943 bits per heavy atom. The predicted molar refractivity (Wildman–Crippen MR) is 142 cm³/mol. The fraction of sp³-hybridized carbons (Fsp3) is 0.241. The zero-order valence-corrected chi connectivity index (χ0v) is 20.6. The lowest BCUT2D eigenvalue weighted by molar-refractivity contribution is 0.0943. The second kappa shape index (κ2) is 9.27. The van der Waals surface area contributed by atoms with Gasteiger partial charge in [-0.05, 0) is 67.1 Å². The molecule has 3 aromatic carbocycles. The fourth-order valence-corrected chi connectivity index (χ4v) is 6.06. The van der Waals surface area contributed by atoms with Gasteiger partial charge in [-0.1, -0.05) is 54.2 Å². The predicted octanol–water partition coefficient (Wildman–Crippen LogP) is 6.36. The number of aromatic nitrogens is 3. The smallest absolute Gasteiger partial charge is 0.241 e. The molecule has 1 aliphatic carbocycles. The van der Waals surface area contributed by atoms with Crippen molar-refractivity contribution in [3.05, 3.63) is 89.6 Å². The zero-order chi connectivity index (χ0) is 23.8. The first-order chi connectivity index (χ1) is 17.2. The van der Waals surface area contributed by atoms with E-state index >= 15 is 0 Å². The van der Waals surface area contributed by atoms with Crippen molar-refractivity contribution in [3.63, 3.8) is 0 Å². The van der Waals surface area contributed by atoms with Crippen LogP contribution in [0.25, 0.3) is 21.9 Å². The Morgan fingerprint density at radius 2 is 1.69 bits per heavy atom. The van der Waals surface area contributed by atoms with Gasteiger partial charge in [-0.2, -0.15) is 0 Å². The number of ether oxygens (including phenoxy) is 1. The number of carbonyl (C=O) groups is 1. The monoisotopic (exact) mass is 481 g/mol. The quantitative estimate of drug-likeness (QED) is 0.265. The van der Waals surface area contributed by atoms with Crippen molar-refractivity contribution in [2.75, 3.05) is 12.9 Å². The summed E-state index contributed by atoms with van der Waals surface area (Å²) in [5.74, 6) is 1.31. The third-order valence-electron chi connectivity index (χ3n) is 6.87. The van der Waals surface area contributed by atoms with Crippen LogP contribution in [0.2, 0.25) is 0 Å². The molecule has 1 aliphatic rings. The highest BCUT2D eigenvalue weighted by molar-refractivity contribution is 7.99. The van der Waals surface area contributed by atoms with E-state index in [0.29, 0.717) is 12.3 Å². The summed E-state index contributed by atoms with van der Waals surface area (Å²) in [7, 11) is 1.68. The highest BCUT2D eigenvalue weighted by Crippen LogP contribution is 2.33. The van der Waals surface area contributed by atoms with Gasteiger partial charge in [0, 0.05) is 11.1 Å². The number of rotatable bonds is 6. The number of hydrogen-bond donors (Lipinski definition) is 0. The third kappa shape index (κ3) is 4.02. The van der Waals surface area contributed by atoms with Crippen molar-refractivity contribution in [2.45, 2.75) is 37.4 Å². The molecule has 5 nitrogen and oxygen atoms in total. The van der Waals surface area contributed by atoms with Crippen molar-refractivity contribution in [2.24, 2.45) is 0 Å². The Labute approximate surface area is 208 Å². The minimum Gasteiger partial charge on any atom is -0.497 e. The molecule has 2 aromatic heterocycles. The van der Waals surface area contributed by atoms with Crippen LogP contribution in [0.3, 0.4) is 0 Å². The second-order valence-corrected chi connectivity index (χ2v) is 9.93. The molecule has 6 rings (SSSR count). The van der Waals surface area contributed by atoms with Gasteiger partial charge in [-0.15, -0.1) is 0 Å². The lowest BCUT2D eigenvalue weighted by Crippen LogP contribution is -2.18. The van der Waals surface area contributed by atoms with Crippen molar-refractivity contribution < 1.29 is 9.53 Å². The summed E-state index contributed by atoms with van der Waals surface area (Å²) in [6.45, 7) is 0.683. The zero-order valence-electron chi connectivity index (χ0n) is 19.7. The summed E-state index contributed by atoms with van der Waals surface area (Å²) in [4.78, 5) is 18.5. The van der Waals surface area contributed by atoms with Gasteiger partial charge in [0.05, 0.1) is 36.0 Å². The van der Waals surface area contributed by atoms with Crippen molar-refractivity contribution in [1.82, 2.24) is 14.1 Å². The summed E-state index contributed by atoms with van der Waals surface area (Å²) < 4.78 is 9.49. The lowest BCUT2D eigenvalue weighted by Gasteiger charge is -2.15. The number of aryl methyl sites for hydroxylation is 1. The Morgan fingerprint density at radius 3 is 2.51 bits per heavy atom. The number of hydrogen-bond acceptors (Lipinski definition) is 4. The van der Waals surface area contributed by atoms with E-state index in [1.807, 2.05) is 41.0 Å². The van der Waals surface area contributed by atoms with Gasteiger partial charge in [0.25, 0.3) is 0 Å². The standard InChI is InChI=1S/C29H27N3O2S/c1-34-21-16-14-20(15-17-21)18-31-27-13-7-4-10-24(27)30-29(31)35-19-28(33)32-25-11-5-2-8-22(25)23-9-3-6-12-26(23)32/h2,4-5,7-8,10-11,13-17H,3,6,9,12,18-19H2,1H3. The van der Waals surface area contributed by atoms with Crippen molar-refractivity contribution >= 4 is 39.6 Å². The molecule has 0 radical (unpaired) electrons. The Bertz CT molecular complexity index is 1530. The highest BCUT2D eigenvalue weighted by atomic mass is 32.2. The maximum Gasteiger partial charge on any atom is 0.241 e. The van der Waals surface area contributed by atoms with E-state index in [2.05, 4.69) is 41.0 Å². The average Bonchev–Trinajstić information content (AvgIpc) is 3.43. The van der Waals surface area contributed by atoms with Gasteiger partial charge in [0.2, 0.25) is 5.91 Å². The Hall–Kier alpha value is -3.51. The van der Waals surface area contributed by atoms with E-state index in [1.54, 1.807) is 7.11 Å². The van der Waals surface area contributed by atoms with Gasteiger partial charge >= 0.3 is 0 Å². The average molecular weight is 482 g/mol. The van der Waals surface area contributed by atoms with E-state index in [9.17, 15) is 4.79 Å². The molecular weight excluding hydrogens is 454 g/mol. The Balaban J connectivity index is 1.32. The van der Waals surface area contributed by atoms with Crippen LogP contribution in [0.1, 0.15) is 34.5 Å². The molecule has 2 heterocycles. The molecule has 0 spiro atoms. The minimum absolute atomic E-state index is 0.123. The SMILES string of the molecule is COc1ccc(Cn2c(SCC(=O)n3c4c(c5ccccc53)CCCC4)nc3ccccc32)cc1. The summed E-state index contributed by atoms with van der Waals surface area (Å²) in [5.41, 5.74) is 6.78. The summed E-state index contributed by atoms with van der Waals surface area (Å²) in [6, 6.07) is 24.6. The van der Waals surface area contributed by atoms with E-state index in [0.717, 1.165) is 52.3 Å². The minimum atomic E-state index is 0.123. The molecule has 0 N–H and O–H groups in total. The summed E-state index contributed by atoms with van der Waals surface area (Å²) >= 11 is 1.52. The van der Waals surface area contributed by atoms with Gasteiger partial charge in [-0.25, -0.2) is 4.98 Å². The van der Waals surface area contributed by atoms with Crippen molar-refractivity contribution in [3.8, 4) is 5.75 Å². The van der Waals surface area contributed by atoms with E-state index in [-0.39, 0.29) is 5.91 Å². The van der Waals surface area contributed by atoms with Crippen LogP contribution in [0.4, 0.5) is 0 Å². The molecule has 0 bridgehead atoms. The number of nitrogens with zero attached hydrogens (tertiary/aromatic N) is 3. The molecule has 0 atom stereocenters. The molecule has 0 saturated heterocycles. The fourth-order valence-electron chi connectivity index (χ4n) is 5.20. The number of carbonyl (C=O) groups excluding carboxylic acids is 1. The molecule has 0 amide bonds. The number of methoxy groups -OCH3 is 1. The number of benzene rings is 3. The number of para-hydroxylation sites is 3. The maximum atomic E-state index is 13.6. The van der Waals surface area contributed by atoms with Crippen LogP contribution >= 0.6 is 11.8 Å². The molecule has 0 saturated carbocycles.